The van der Waals surface area contributed by atoms with Gasteiger partial charge in [0, 0.05) is 23.3 Å². The van der Waals surface area contributed by atoms with Gasteiger partial charge in [0.15, 0.2) is 0 Å². The molecule has 1 aliphatic rings. The van der Waals surface area contributed by atoms with Crippen molar-refractivity contribution in [2.45, 2.75) is 38.1 Å². The Labute approximate surface area is 128 Å². The van der Waals surface area contributed by atoms with Gasteiger partial charge >= 0.3 is 0 Å². The van der Waals surface area contributed by atoms with Gasteiger partial charge in [0.25, 0.3) is 0 Å². The molecular weight excluding hydrogens is 314 g/mol. The zero-order chi connectivity index (χ0) is 13.8. The fourth-order valence-electron chi connectivity index (χ4n) is 3.21. The number of anilines is 1. The van der Waals surface area contributed by atoms with E-state index >= 15 is 0 Å². The Morgan fingerprint density at radius 3 is 2.75 bits per heavy atom. The highest BCUT2D eigenvalue weighted by molar-refractivity contribution is 9.09. The summed E-state index contributed by atoms with van der Waals surface area (Å²) in [5.41, 5.74) is 2.22. The summed E-state index contributed by atoms with van der Waals surface area (Å²) >= 11 is 3.60. The second kappa shape index (κ2) is 6.53. The molecule has 1 aromatic carbocycles. The fraction of sp³-hybridized carbons (Fsp3) is 0.500. The van der Waals surface area contributed by atoms with E-state index in [-0.39, 0.29) is 0 Å². The summed E-state index contributed by atoms with van der Waals surface area (Å²) in [6.07, 6.45) is 8.60. The maximum atomic E-state index is 4.24. The van der Waals surface area contributed by atoms with Crippen LogP contribution in [0.15, 0.2) is 30.5 Å². The summed E-state index contributed by atoms with van der Waals surface area (Å²) in [5, 5.41) is 10.6. The van der Waals surface area contributed by atoms with Gasteiger partial charge in [-0.15, -0.1) is 0 Å². The van der Waals surface area contributed by atoms with Crippen molar-refractivity contribution < 1.29 is 0 Å². The topological polar surface area (TPSA) is 29.0 Å². The normalized spacial score (nSPS) is 16.4. The molecule has 3 rings (SSSR count). The number of benzene rings is 1. The van der Waals surface area contributed by atoms with Gasteiger partial charge in [-0.2, -0.15) is 10.2 Å². The summed E-state index contributed by atoms with van der Waals surface area (Å²) in [4.78, 5) is 2.53. The number of nitrogens with zero attached hydrogens (tertiary/aromatic N) is 3. The summed E-state index contributed by atoms with van der Waals surface area (Å²) in [7, 11) is 0. The van der Waals surface area contributed by atoms with Crippen molar-refractivity contribution in [3.8, 4) is 0 Å². The average Bonchev–Trinajstić information content (AvgIpc) is 2.53. The van der Waals surface area contributed by atoms with Crippen LogP contribution in [0.25, 0.3) is 10.9 Å². The van der Waals surface area contributed by atoms with Crippen molar-refractivity contribution in [3.05, 3.63) is 30.5 Å². The van der Waals surface area contributed by atoms with Crippen LogP contribution in [0.2, 0.25) is 0 Å². The average molecular weight is 334 g/mol. The number of aromatic nitrogens is 2. The van der Waals surface area contributed by atoms with Crippen LogP contribution in [-0.2, 0) is 0 Å². The molecule has 3 nitrogen and oxygen atoms in total. The van der Waals surface area contributed by atoms with Crippen molar-refractivity contribution >= 4 is 32.5 Å². The van der Waals surface area contributed by atoms with Crippen LogP contribution >= 0.6 is 15.9 Å². The Morgan fingerprint density at radius 2 is 1.95 bits per heavy atom. The molecule has 0 bridgehead atoms. The molecule has 0 unspecified atom stereocenters. The van der Waals surface area contributed by atoms with Crippen LogP contribution in [0.5, 0.6) is 0 Å². The molecule has 0 N–H and O–H groups in total. The Bertz CT molecular complexity index is 561. The minimum absolute atomic E-state index is 0.647. The lowest BCUT2D eigenvalue weighted by molar-refractivity contribution is 0.419. The Hall–Kier alpha value is -1.16. The first-order valence-electron chi connectivity index (χ1n) is 7.43. The van der Waals surface area contributed by atoms with Gasteiger partial charge in [-0.1, -0.05) is 53.4 Å². The SMILES string of the molecule is BrCCN(c1cnnc2ccccc12)C1CCCCC1. The van der Waals surface area contributed by atoms with Crippen LogP contribution in [0.4, 0.5) is 5.69 Å². The van der Waals surface area contributed by atoms with E-state index in [1.165, 1.54) is 43.2 Å². The number of rotatable bonds is 4. The molecule has 1 aliphatic carbocycles. The van der Waals surface area contributed by atoms with Crippen LogP contribution in [-0.4, -0.2) is 28.1 Å². The number of hydrogen-bond donors (Lipinski definition) is 0. The zero-order valence-electron chi connectivity index (χ0n) is 11.6. The van der Waals surface area contributed by atoms with E-state index in [9.17, 15) is 0 Å². The Morgan fingerprint density at radius 1 is 1.15 bits per heavy atom. The number of hydrogen-bond acceptors (Lipinski definition) is 3. The molecule has 1 fully saturated rings. The maximum Gasteiger partial charge on any atom is 0.0950 e. The van der Waals surface area contributed by atoms with Gasteiger partial charge in [-0.05, 0) is 18.9 Å². The van der Waals surface area contributed by atoms with E-state index in [1.54, 1.807) is 0 Å². The lowest BCUT2D eigenvalue weighted by Gasteiger charge is -2.36. The van der Waals surface area contributed by atoms with Crippen molar-refractivity contribution in [1.82, 2.24) is 10.2 Å². The molecule has 2 aromatic rings. The molecule has 1 saturated carbocycles. The molecule has 20 heavy (non-hydrogen) atoms. The summed E-state index contributed by atoms with van der Waals surface area (Å²) < 4.78 is 0. The molecule has 4 heteroatoms. The lowest BCUT2D eigenvalue weighted by atomic mass is 9.93. The Balaban J connectivity index is 2.00. The zero-order valence-corrected chi connectivity index (χ0v) is 13.2. The van der Waals surface area contributed by atoms with Crippen LogP contribution < -0.4 is 4.90 Å². The monoisotopic (exact) mass is 333 g/mol. The van der Waals surface area contributed by atoms with E-state index in [0.29, 0.717) is 6.04 Å². The lowest BCUT2D eigenvalue weighted by Crippen LogP contribution is -2.38. The highest BCUT2D eigenvalue weighted by atomic mass is 79.9. The predicted molar refractivity (Wildman–Crippen MR) is 87.6 cm³/mol. The van der Waals surface area contributed by atoms with Gasteiger partial charge in [0.2, 0.25) is 0 Å². The maximum absolute atomic E-state index is 4.24. The molecule has 0 radical (unpaired) electrons. The van der Waals surface area contributed by atoms with Crippen molar-refractivity contribution in [3.63, 3.8) is 0 Å². The van der Waals surface area contributed by atoms with E-state index in [2.05, 4.69) is 43.2 Å². The van der Waals surface area contributed by atoms with Crippen molar-refractivity contribution in [2.75, 3.05) is 16.8 Å². The summed E-state index contributed by atoms with van der Waals surface area (Å²) in [6.45, 7) is 1.03. The molecular formula is C16H20BrN3. The summed E-state index contributed by atoms with van der Waals surface area (Å²) in [5.74, 6) is 0. The molecule has 0 aliphatic heterocycles. The number of alkyl halides is 1. The number of halogens is 1. The third-order valence-electron chi connectivity index (χ3n) is 4.18. The van der Waals surface area contributed by atoms with Gasteiger partial charge in [-0.25, -0.2) is 0 Å². The van der Waals surface area contributed by atoms with Crippen molar-refractivity contribution in [2.24, 2.45) is 0 Å². The minimum atomic E-state index is 0.647. The standard InChI is InChI=1S/C16H20BrN3/c17-10-11-20(13-6-2-1-3-7-13)16-12-18-19-15-9-5-4-8-14(15)16/h4-5,8-9,12-13H,1-3,6-7,10-11H2. The van der Waals surface area contributed by atoms with Gasteiger partial charge in [0.05, 0.1) is 17.4 Å². The van der Waals surface area contributed by atoms with Gasteiger partial charge in [-0.3, -0.25) is 0 Å². The third-order valence-corrected chi connectivity index (χ3v) is 4.53. The highest BCUT2D eigenvalue weighted by Crippen LogP contribution is 2.31. The van der Waals surface area contributed by atoms with E-state index in [0.717, 1.165) is 17.4 Å². The fourth-order valence-corrected chi connectivity index (χ4v) is 3.59. The second-order valence-corrected chi connectivity index (χ2v) is 6.21. The molecule has 1 heterocycles. The van der Waals surface area contributed by atoms with Gasteiger partial charge in [0.1, 0.15) is 0 Å². The Kier molecular flexibility index (Phi) is 4.51. The smallest absolute Gasteiger partial charge is 0.0950 e. The predicted octanol–water partition coefficient (Wildman–Crippen LogP) is 4.16. The summed E-state index contributed by atoms with van der Waals surface area (Å²) in [6, 6.07) is 8.95. The van der Waals surface area contributed by atoms with Crippen molar-refractivity contribution in [1.29, 1.82) is 0 Å². The number of fused-ring (bicyclic) bond motifs is 1. The highest BCUT2D eigenvalue weighted by Gasteiger charge is 2.22. The first-order chi connectivity index (χ1) is 9.90. The van der Waals surface area contributed by atoms with E-state index in [1.807, 2.05) is 18.3 Å². The first kappa shape index (κ1) is 13.8. The van der Waals surface area contributed by atoms with Gasteiger partial charge < -0.3 is 4.90 Å². The first-order valence-corrected chi connectivity index (χ1v) is 8.55. The molecule has 0 amide bonds. The van der Waals surface area contributed by atoms with Crippen LogP contribution in [0.1, 0.15) is 32.1 Å². The largest absolute Gasteiger partial charge is 0.366 e. The molecule has 0 atom stereocenters. The molecule has 0 spiro atoms. The van der Waals surface area contributed by atoms with E-state index < -0.39 is 0 Å². The quantitative estimate of drug-likeness (QED) is 0.786. The van der Waals surface area contributed by atoms with E-state index in [4.69, 9.17) is 0 Å². The third kappa shape index (κ3) is 2.80. The molecule has 1 aromatic heterocycles. The second-order valence-electron chi connectivity index (χ2n) is 5.42. The molecule has 0 saturated heterocycles. The molecule has 106 valence electrons. The van der Waals surface area contributed by atoms with Crippen LogP contribution in [0, 0.1) is 0 Å². The minimum Gasteiger partial charge on any atom is -0.366 e. The van der Waals surface area contributed by atoms with Crippen LogP contribution in [0.3, 0.4) is 0 Å².